The lowest BCUT2D eigenvalue weighted by molar-refractivity contribution is -0.136. The van der Waals surface area contributed by atoms with Crippen molar-refractivity contribution in [1.82, 2.24) is 29.8 Å². The van der Waals surface area contributed by atoms with Crippen molar-refractivity contribution in [3.05, 3.63) is 100 Å². The minimum atomic E-state index is -1.01. The molecule has 3 aliphatic rings. The maximum Gasteiger partial charge on any atom is 0.264 e. The molecule has 5 aromatic rings. The summed E-state index contributed by atoms with van der Waals surface area (Å²) < 4.78 is 41.7. The minimum absolute atomic E-state index is 0.0143. The van der Waals surface area contributed by atoms with E-state index in [4.69, 9.17) is 18.9 Å². The number of carbonyl (C=O) groups excluding carboxylic acids is 5. The van der Waals surface area contributed by atoms with Crippen LogP contribution in [-0.2, 0) is 60.9 Å². The zero-order chi connectivity index (χ0) is 47.4. The van der Waals surface area contributed by atoms with Crippen LogP contribution in [0.4, 0.5) is 10.1 Å². The number of ketones is 1. The number of hydrogen-bond donors (Lipinski definition) is 2. The van der Waals surface area contributed by atoms with Crippen molar-refractivity contribution in [2.24, 2.45) is 0 Å². The van der Waals surface area contributed by atoms with Gasteiger partial charge in [0.15, 0.2) is 5.78 Å². The van der Waals surface area contributed by atoms with Gasteiger partial charge in [0.1, 0.15) is 11.9 Å². The lowest BCUT2D eigenvalue weighted by Crippen LogP contribution is -2.54. The number of nitrogens with zero attached hydrogens (tertiary/aromatic N) is 5. The Bertz CT molecular complexity index is 2610. The molecule has 68 heavy (non-hydrogen) atoms. The molecular weight excluding hydrogens is 874 g/mol. The molecule has 0 saturated carbocycles. The lowest BCUT2D eigenvalue weighted by Gasteiger charge is -2.27. The second-order valence-corrected chi connectivity index (χ2v) is 17.4. The van der Waals surface area contributed by atoms with Crippen molar-refractivity contribution >= 4 is 46.0 Å². The summed E-state index contributed by atoms with van der Waals surface area (Å²) in [6, 6.07) is 15.7. The third-order valence-electron chi connectivity index (χ3n) is 12.6. The van der Waals surface area contributed by atoms with Crippen molar-refractivity contribution in [3.63, 3.8) is 0 Å². The van der Waals surface area contributed by atoms with E-state index in [9.17, 15) is 24.0 Å². The molecule has 4 amide bonds. The molecule has 2 aliphatic heterocycles. The summed E-state index contributed by atoms with van der Waals surface area (Å²) in [5.41, 5.74) is 7.81. The molecule has 0 bridgehead atoms. The van der Waals surface area contributed by atoms with E-state index in [0.29, 0.717) is 96.6 Å². The molecule has 3 aromatic carbocycles. The van der Waals surface area contributed by atoms with Crippen molar-refractivity contribution < 1.29 is 47.3 Å². The molecular formula is C51H60FN7O9. The summed E-state index contributed by atoms with van der Waals surface area (Å²) in [5.74, 6) is -2.51. The summed E-state index contributed by atoms with van der Waals surface area (Å²) in [7, 11) is 0. The molecule has 1 atom stereocenters. The second-order valence-electron chi connectivity index (χ2n) is 17.4. The Morgan fingerprint density at radius 2 is 1.53 bits per heavy atom. The number of nitrogens with one attached hydrogen (secondary N) is 2. The first-order valence-electron chi connectivity index (χ1n) is 24.0. The SMILES string of the molecule is CCCc1ccc(-c2c3c4c(cc(F)cc4n2CCCCc2cn(CCOCCOCCOCCOCCCNc4cccc5c4C(=O)N(C4CCC(=O)NC4=O)C5=O)nn2)C(=O)CCC3)cc1. The van der Waals surface area contributed by atoms with Crippen molar-refractivity contribution in [3.8, 4) is 11.3 Å². The number of unbranched alkanes of at least 4 members (excludes halogenated alkanes) is 1. The monoisotopic (exact) mass is 933 g/mol. The fraction of sp³-hybridized carbons (Fsp3) is 0.471. The van der Waals surface area contributed by atoms with E-state index in [2.05, 4.69) is 56.7 Å². The van der Waals surface area contributed by atoms with Crippen LogP contribution < -0.4 is 10.6 Å². The molecule has 360 valence electrons. The Hall–Kier alpha value is -6.14. The van der Waals surface area contributed by atoms with Crippen LogP contribution in [0.2, 0.25) is 0 Å². The molecule has 1 fully saturated rings. The molecule has 1 saturated heterocycles. The average Bonchev–Trinajstić information content (AvgIpc) is 3.95. The number of hydrogen-bond acceptors (Lipinski definition) is 12. The topological polar surface area (TPSA) is 185 Å². The van der Waals surface area contributed by atoms with Crippen LogP contribution in [0.15, 0.2) is 60.8 Å². The van der Waals surface area contributed by atoms with E-state index in [0.717, 1.165) is 83.3 Å². The van der Waals surface area contributed by atoms with Gasteiger partial charge in [0, 0.05) is 55.4 Å². The third-order valence-corrected chi connectivity index (χ3v) is 12.6. The Balaban J connectivity index is 0.668. The first kappa shape index (κ1) is 48.3. The molecule has 0 radical (unpaired) electrons. The smallest absolute Gasteiger partial charge is 0.264 e. The molecule has 1 aliphatic carbocycles. The first-order valence-corrected chi connectivity index (χ1v) is 24.0. The number of imide groups is 2. The van der Waals surface area contributed by atoms with E-state index in [1.807, 2.05) is 6.20 Å². The van der Waals surface area contributed by atoms with Crippen LogP contribution in [0, 0.1) is 5.82 Å². The van der Waals surface area contributed by atoms with Crippen LogP contribution in [0.3, 0.4) is 0 Å². The zero-order valence-corrected chi connectivity index (χ0v) is 38.7. The Morgan fingerprint density at radius 3 is 2.28 bits per heavy atom. The highest BCUT2D eigenvalue weighted by Gasteiger charge is 2.45. The number of Topliss-reactive ketones (excluding diaryl/α,β-unsaturated/α-hetero) is 1. The van der Waals surface area contributed by atoms with Gasteiger partial charge >= 0.3 is 0 Å². The number of anilines is 1. The highest BCUT2D eigenvalue weighted by molar-refractivity contribution is 6.25. The molecule has 4 heterocycles. The van der Waals surface area contributed by atoms with E-state index in [1.54, 1.807) is 28.9 Å². The number of ether oxygens (including phenoxy) is 4. The normalized spacial score (nSPS) is 15.9. The van der Waals surface area contributed by atoms with Gasteiger partial charge in [-0.1, -0.05) is 48.9 Å². The molecule has 8 rings (SSSR count). The predicted octanol–water partition coefficient (Wildman–Crippen LogP) is 6.50. The number of aromatic nitrogens is 4. The Labute approximate surface area is 394 Å². The summed E-state index contributed by atoms with van der Waals surface area (Å²) in [6.45, 7) is 7.41. The summed E-state index contributed by atoms with van der Waals surface area (Å²) in [6.07, 6.45) is 9.31. The molecule has 16 nitrogen and oxygen atoms in total. The highest BCUT2D eigenvalue weighted by Crippen LogP contribution is 2.40. The van der Waals surface area contributed by atoms with Crippen LogP contribution in [0.25, 0.3) is 22.2 Å². The standard InChI is InChI=1S/C51H60FN7O9/c1-2-8-34-14-16-35(17-15-34)48-38-10-6-13-44(60)40-31-36(52)32-43(46(38)40)58(48)21-4-3-9-37-33-57(56-55-37)22-24-66-26-28-68-30-29-67-27-25-65-23-7-20-53-41-12-5-11-39-47(41)51(64)59(50(39)63)42-18-19-45(61)54-49(42)62/h5,11-12,14-17,31-33,42,53H,2-4,6-10,13,18-30H2,1H3,(H,54,61,62). The lowest BCUT2D eigenvalue weighted by atomic mass is 9.99. The van der Waals surface area contributed by atoms with Crippen LogP contribution in [-0.4, -0.2) is 119 Å². The molecule has 17 heteroatoms. The largest absolute Gasteiger partial charge is 0.384 e. The first-order chi connectivity index (χ1) is 33.2. The van der Waals surface area contributed by atoms with Gasteiger partial charge in [0.05, 0.1) is 80.8 Å². The van der Waals surface area contributed by atoms with Gasteiger partial charge in [-0.3, -0.25) is 34.2 Å². The molecule has 0 spiro atoms. The number of halogens is 1. The fourth-order valence-corrected chi connectivity index (χ4v) is 9.35. The summed E-state index contributed by atoms with van der Waals surface area (Å²) >= 11 is 0. The van der Waals surface area contributed by atoms with Crippen molar-refractivity contribution in [2.75, 3.05) is 64.7 Å². The number of amides is 4. The van der Waals surface area contributed by atoms with Crippen LogP contribution >= 0.6 is 0 Å². The van der Waals surface area contributed by atoms with Gasteiger partial charge in [-0.2, -0.15) is 0 Å². The number of aryl methyl sites for hydroxylation is 4. The third kappa shape index (κ3) is 11.4. The molecule has 2 aromatic heterocycles. The van der Waals surface area contributed by atoms with Crippen molar-refractivity contribution in [1.29, 1.82) is 0 Å². The van der Waals surface area contributed by atoms with Gasteiger partial charge in [-0.05, 0) is 92.3 Å². The Morgan fingerprint density at radius 1 is 0.779 bits per heavy atom. The van der Waals surface area contributed by atoms with Crippen molar-refractivity contribution in [2.45, 2.75) is 96.7 Å². The number of carbonyl (C=O) groups is 5. The van der Waals surface area contributed by atoms with Gasteiger partial charge in [-0.15, -0.1) is 5.10 Å². The number of fused-ring (bicyclic) bond motifs is 1. The van der Waals surface area contributed by atoms with E-state index < -0.39 is 29.7 Å². The quantitative estimate of drug-likeness (QED) is 0.0454. The van der Waals surface area contributed by atoms with E-state index in [1.165, 1.54) is 11.6 Å². The summed E-state index contributed by atoms with van der Waals surface area (Å²) in [4.78, 5) is 64.3. The van der Waals surface area contributed by atoms with E-state index in [-0.39, 0.29) is 35.6 Å². The average molecular weight is 934 g/mol. The van der Waals surface area contributed by atoms with Gasteiger partial charge in [-0.25, -0.2) is 9.07 Å². The Kier molecular flexibility index (Phi) is 16.5. The van der Waals surface area contributed by atoms with E-state index >= 15 is 4.39 Å². The van der Waals surface area contributed by atoms with Gasteiger partial charge in [0.2, 0.25) is 11.8 Å². The maximum atomic E-state index is 15.0. The zero-order valence-electron chi connectivity index (χ0n) is 38.7. The molecule has 2 N–H and O–H groups in total. The van der Waals surface area contributed by atoms with Gasteiger partial charge in [0.25, 0.3) is 11.8 Å². The number of benzene rings is 3. The van der Waals surface area contributed by atoms with Crippen LogP contribution in [0.1, 0.15) is 106 Å². The highest BCUT2D eigenvalue weighted by atomic mass is 19.1. The minimum Gasteiger partial charge on any atom is -0.384 e. The summed E-state index contributed by atoms with van der Waals surface area (Å²) in [5, 5.41) is 15.0. The predicted molar refractivity (Wildman–Crippen MR) is 251 cm³/mol. The van der Waals surface area contributed by atoms with Crippen LogP contribution in [0.5, 0.6) is 0 Å². The maximum absolute atomic E-state index is 15.0. The second kappa shape index (κ2) is 23.2. The number of piperidine rings is 1. The fourth-order valence-electron chi connectivity index (χ4n) is 9.35. The van der Waals surface area contributed by atoms with Gasteiger partial charge < -0.3 is 28.8 Å². The number of rotatable bonds is 26. The molecule has 1 unspecified atom stereocenters.